The second kappa shape index (κ2) is 5.35. The van der Waals surface area contributed by atoms with Gasteiger partial charge in [-0.2, -0.15) is 0 Å². The van der Waals surface area contributed by atoms with E-state index >= 15 is 0 Å². The van der Waals surface area contributed by atoms with Crippen molar-refractivity contribution in [2.75, 3.05) is 6.54 Å². The highest BCUT2D eigenvalue weighted by atomic mass is 19.1. The molecule has 0 spiro atoms. The Morgan fingerprint density at radius 3 is 2.44 bits per heavy atom. The average Bonchev–Trinajstić information content (AvgIpc) is 2.72. The van der Waals surface area contributed by atoms with Crippen LogP contribution in [0.3, 0.4) is 0 Å². The van der Waals surface area contributed by atoms with Crippen LogP contribution < -0.4 is 5.32 Å². The lowest BCUT2D eigenvalue weighted by Crippen LogP contribution is -2.43. The van der Waals surface area contributed by atoms with Crippen LogP contribution in [-0.2, 0) is 6.42 Å². The summed E-state index contributed by atoms with van der Waals surface area (Å²) in [5, 5.41) is 3.47. The van der Waals surface area contributed by atoms with Crippen LogP contribution in [0.15, 0.2) is 18.2 Å². The quantitative estimate of drug-likeness (QED) is 0.863. The summed E-state index contributed by atoms with van der Waals surface area (Å²) in [6.45, 7) is 5.25. The third-order valence-electron chi connectivity index (χ3n) is 3.71. The molecule has 1 aliphatic rings. The average molecular weight is 253 g/mol. The summed E-state index contributed by atoms with van der Waals surface area (Å²) >= 11 is 0. The van der Waals surface area contributed by atoms with E-state index in [0.29, 0.717) is 12.3 Å². The molecule has 0 radical (unpaired) electrons. The van der Waals surface area contributed by atoms with Crippen molar-refractivity contribution in [2.24, 2.45) is 5.92 Å². The Balaban J connectivity index is 2.24. The number of benzene rings is 1. The molecular weight excluding hydrogens is 232 g/mol. The Kier molecular flexibility index (Phi) is 4.00. The van der Waals surface area contributed by atoms with Crippen LogP contribution in [0.4, 0.5) is 8.78 Å². The van der Waals surface area contributed by atoms with Gasteiger partial charge in [0.2, 0.25) is 0 Å². The van der Waals surface area contributed by atoms with E-state index in [1.165, 1.54) is 18.2 Å². The molecule has 1 nitrogen and oxygen atoms in total. The van der Waals surface area contributed by atoms with Crippen molar-refractivity contribution in [3.8, 4) is 0 Å². The van der Waals surface area contributed by atoms with Crippen LogP contribution in [-0.4, -0.2) is 12.1 Å². The van der Waals surface area contributed by atoms with Crippen LogP contribution >= 0.6 is 0 Å². The summed E-state index contributed by atoms with van der Waals surface area (Å²) < 4.78 is 27.5. The van der Waals surface area contributed by atoms with E-state index in [-0.39, 0.29) is 11.1 Å². The van der Waals surface area contributed by atoms with Crippen molar-refractivity contribution >= 4 is 0 Å². The maximum absolute atomic E-state index is 13.7. The molecule has 0 aliphatic carbocycles. The van der Waals surface area contributed by atoms with Gasteiger partial charge < -0.3 is 5.32 Å². The van der Waals surface area contributed by atoms with Crippen molar-refractivity contribution in [2.45, 2.75) is 45.1 Å². The Bertz CT molecular complexity index is 389. The Hall–Kier alpha value is -0.960. The van der Waals surface area contributed by atoms with Gasteiger partial charge in [-0.15, -0.1) is 0 Å². The first-order valence-corrected chi connectivity index (χ1v) is 6.70. The molecule has 100 valence electrons. The summed E-state index contributed by atoms with van der Waals surface area (Å²) in [4.78, 5) is 0. The normalized spacial score (nSPS) is 23.8. The van der Waals surface area contributed by atoms with Gasteiger partial charge in [-0.05, 0) is 50.3 Å². The largest absolute Gasteiger partial charge is 0.311 e. The summed E-state index contributed by atoms with van der Waals surface area (Å²) in [6.07, 6.45) is 3.49. The second-order valence-electron chi connectivity index (χ2n) is 5.79. The maximum Gasteiger partial charge on any atom is 0.129 e. The van der Waals surface area contributed by atoms with Gasteiger partial charge in [-0.25, -0.2) is 8.78 Å². The van der Waals surface area contributed by atoms with Gasteiger partial charge in [-0.3, -0.25) is 0 Å². The standard InChI is InChI=1S/C15H21F2N/c1-11(2)9-15(7-4-8-18-15)10-12-13(16)5-3-6-14(12)17/h3,5-6,11,18H,4,7-10H2,1-2H3. The van der Waals surface area contributed by atoms with Crippen molar-refractivity contribution in [3.05, 3.63) is 35.4 Å². The molecule has 1 unspecified atom stereocenters. The molecule has 2 rings (SSSR count). The smallest absolute Gasteiger partial charge is 0.129 e. The van der Waals surface area contributed by atoms with Gasteiger partial charge in [0.15, 0.2) is 0 Å². The summed E-state index contributed by atoms with van der Waals surface area (Å²) in [6, 6.07) is 4.11. The van der Waals surface area contributed by atoms with Crippen LogP contribution in [0.2, 0.25) is 0 Å². The van der Waals surface area contributed by atoms with E-state index in [9.17, 15) is 8.78 Å². The molecule has 3 heteroatoms. The summed E-state index contributed by atoms with van der Waals surface area (Å²) in [5.74, 6) is -0.330. The molecule has 1 N–H and O–H groups in total. The minimum atomic E-state index is -0.424. The highest BCUT2D eigenvalue weighted by Crippen LogP contribution is 2.32. The topological polar surface area (TPSA) is 12.0 Å². The lowest BCUT2D eigenvalue weighted by Gasteiger charge is -2.32. The second-order valence-corrected chi connectivity index (χ2v) is 5.79. The molecule has 0 amide bonds. The third-order valence-corrected chi connectivity index (χ3v) is 3.71. The van der Waals surface area contributed by atoms with Crippen LogP contribution in [0.1, 0.15) is 38.7 Å². The van der Waals surface area contributed by atoms with E-state index < -0.39 is 11.6 Å². The lowest BCUT2D eigenvalue weighted by atomic mass is 9.82. The lowest BCUT2D eigenvalue weighted by molar-refractivity contribution is 0.295. The van der Waals surface area contributed by atoms with Gasteiger partial charge in [0.1, 0.15) is 11.6 Å². The van der Waals surface area contributed by atoms with Crippen molar-refractivity contribution < 1.29 is 8.78 Å². The van der Waals surface area contributed by atoms with E-state index in [2.05, 4.69) is 19.2 Å². The first kappa shape index (κ1) is 13.5. The Labute approximate surface area is 108 Å². The predicted octanol–water partition coefficient (Wildman–Crippen LogP) is 3.68. The number of nitrogens with one attached hydrogen (secondary N) is 1. The molecular formula is C15H21F2N. The number of hydrogen-bond acceptors (Lipinski definition) is 1. The summed E-state index contributed by atoms with van der Waals surface area (Å²) in [5.41, 5.74) is 0.101. The fraction of sp³-hybridized carbons (Fsp3) is 0.600. The van der Waals surface area contributed by atoms with Crippen LogP contribution in [0.25, 0.3) is 0 Å². The molecule has 1 fully saturated rings. The van der Waals surface area contributed by atoms with Gasteiger partial charge >= 0.3 is 0 Å². The fourth-order valence-corrected chi connectivity index (χ4v) is 3.09. The molecule has 1 heterocycles. The van der Waals surface area contributed by atoms with E-state index in [1.54, 1.807) is 0 Å². The fourth-order valence-electron chi connectivity index (χ4n) is 3.09. The Morgan fingerprint density at radius 2 is 1.94 bits per heavy atom. The van der Waals surface area contributed by atoms with Gasteiger partial charge in [0.25, 0.3) is 0 Å². The number of hydrogen-bond donors (Lipinski definition) is 1. The molecule has 1 aromatic rings. The number of rotatable bonds is 4. The molecule has 18 heavy (non-hydrogen) atoms. The first-order chi connectivity index (χ1) is 8.52. The summed E-state index contributed by atoms with van der Waals surface area (Å²) in [7, 11) is 0. The minimum Gasteiger partial charge on any atom is -0.311 e. The zero-order valence-electron chi connectivity index (χ0n) is 11.1. The minimum absolute atomic E-state index is 0.128. The Morgan fingerprint density at radius 1 is 1.28 bits per heavy atom. The van der Waals surface area contributed by atoms with E-state index in [0.717, 1.165) is 25.8 Å². The predicted molar refractivity (Wildman–Crippen MR) is 69.5 cm³/mol. The van der Waals surface area contributed by atoms with Gasteiger partial charge in [0.05, 0.1) is 0 Å². The monoisotopic (exact) mass is 253 g/mol. The molecule has 1 aromatic carbocycles. The van der Waals surface area contributed by atoms with Crippen LogP contribution in [0, 0.1) is 17.6 Å². The zero-order valence-corrected chi connectivity index (χ0v) is 11.1. The van der Waals surface area contributed by atoms with Gasteiger partial charge in [-0.1, -0.05) is 19.9 Å². The molecule has 0 aromatic heterocycles. The third kappa shape index (κ3) is 2.89. The zero-order chi connectivity index (χ0) is 13.2. The molecule has 1 atom stereocenters. The van der Waals surface area contributed by atoms with E-state index in [1.807, 2.05) is 0 Å². The van der Waals surface area contributed by atoms with Gasteiger partial charge in [0, 0.05) is 11.1 Å². The molecule has 1 aliphatic heterocycles. The maximum atomic E-state index is 13.7. The highest BCUT2D eigenvalue weighted by molar-refractivity contribution is 5.23. The number of halogens is 2. The SMILES string of the molecule is CC(C)CC1(Cc2c(F)cccc2F)CCCN1. The first-order valence-electron chi connectivity index (χ1n) is 6.70. The van der Waals surface area contributed by atoms with Crippen molar-refractivity contribution in [1.29, 1.82) is 0 Å². The van der Waals surface area contributed by atoms with Crippen molar-refractivity contribution in [3.63, 3.8) is 0 Å². The highest BCUT2D eigenvalue weighted by Gasteiger charge is 2.35. The van der Waals surface area contributed by atoms with E-state index in [4.69, 9.17) is 0 Å². The van der Waals surface area contributed by atoms with Crippen LogP contribution in [0.5, 0.6) is 0 Å². The molecule has 0 saturated carbocycles. The van der Waals surface area contributed by atoms with Crippen molar-refractivity contribution in [1.82, 2.24) is 5.32 Å². The molecule has 1 saturated heterocycles. The molecule has 0 bridgehead atoms.